The molecule has 1 N–H and O–H groups in total. The van der Waals surface area contributed by atoms with Crippen molar-refractivity contribution in [2.24, 2.45) is 5.10 Å². The number of ether oxygens (including phenoxy) is 1. The molecule has 0 aliphatic rings. The second-order valence-corrected chi connectivity index (χ2v) is 9.01. The van der Waals surface area contributed by atoms with E-state index in [2.05, 4.69) is 10.5 Å². The highest BCUT2D eigenvalue weighted by atomic mass is 35.5. The molecule has 1 aromatic heterocycles. The lowest BCUT2D eigenvalue weighted by Gasteiger charge is -2.12. The van der Waals surface area contributed by atoms with Gasteiger partial charge in [0.15, 0.2) is 0 Å². The van der Waals surface area contributed by atoms with Crippen LogP contribution in [0.1, 0.15) is 22.4 Å². The zero-order valence-corrected chi connectivity index (χ0v) is 20.8. The van der Waals surface area contributed by atoms with E-state index in [4.69, 9.17) is 16.3 Å². The summed E-state index contributed by atoms with van der Waals surface area (Å²) >= 11 is 7.11. The number of nitrogens with one attached hydrogen (secondary N) is 1. The number of aromatic nitrogens is 1. The second kappa shape index (κ2) is 12.1. The Bertz CT molecular complexity index is 1430. The number of nitriles is 1. The van der Waals surface area contributed by atoms with Crippen LogP contribution in [-0.4, -0.2) is 28.7 Å². The van der Waals surface area contributed by atoms with Crippen molar-refractivity contribution in [3.05, 3.63) is 96.4 Å². The average Bonchev–Trinajstić information content (AvgIpc) is 2.84. The molecule has 0 aliphatic heterocycles. The number of carbonyl (C=O) groups excluding carboxylic acids is 1. The second-order valence-electron chi connectivity index (χ2n) is 7.46. The van der Waals surface area contributed by atoms with E-state index in [0.29, 0.717) is 26.7 Å². The van der Waals surface area contributed by atoms with Gasteiger partial charge in [-0.2, -0.15) is 10.4 Å². The molecule has 2 aromatic carbocycles. The van der Waals surface area contributed by atoms with Gasteiger partial charge in [-0.25, -0.2) is 5.43 Å². The van der Waals surface area contributed by atoms with Crippen molar-refractivity contribution in [1.82, 2.24) is 9.99 Å². The molecule has 0 radical (unpaired) electrons. The van der Waals surface area contributed by atoms with Gasteiger partial charge in [0.1, 0.15) is 18.2 Å². The molecule has 0 spiro atoms. The number of nitro benzene ring substituents is 1. The zero-order valence-electron chi connectivity index (χ0n) is 19.2. The lowest BCUT2D eigenvalue weighted by molar-refractivity contribution is -0.387. The van der Waals surface area contributed by atoms with Crippen LogP contribution in [-0.2, 0) is 22.7 Å². The van der Waals surface area contributed by atoms with E-state index in [0.717, 1.165) is 9.46 Å². The highest BCUT2D eigenvalue weighted by Gasteiger charge is 2.16. The molecule has 0 atom stereocenters. The number of nitro groups is 1. The summed E-state index contributed by atoms with van der Waals surface area (Å²) in [4.78, 5) is 37.3. The molecular formula is C24H20ClN5O5S. The molecule has 0 fully saturated rings. The maximum Gasteiger partial charge on any atom is 0.283 e. The Morgan fingerprint density at radius 1 is 1.31 bits per heavy atom. The van der Waals surface area contributed by atoms with Gasteiger partial charge in [0.05, 0.1) is 22.6 Å². The fraction of sp³-hybridized carbons (Fsp3) is 0.167. The van der Waals surface area contributed by atoms with Crippen LogP contribution in [0.15, 0.2) is 68.2 Å². The molecule has 0 bridgehead atoms. The third-order valence-electron chi connectivity index (χ3n) is 4.93. The van der Waals surface area contributed by atoms with E-state index in [1.54, 1.807) is 49.4 Å². The summed E-state index contributed by atoms with van der Waals surface area (Å²) in [5.74, 6) is -0.607. The quantitative estimate of drug-likeness (QED) is 0.252. The Kier molecular flexibility index (Phi) is 8.97. The monoisotopic (exact) mass is 525 g/mol. The number of hydrogen-bond donors (Lipinski definition) is 1. The summed E-state index contributed by atoms with van der Waals surface area (Å²) in [5, 5.41) is 25.3. The number of methoxy groups -OCH3 is 1. The number of hydrogen-bond acceptors (Lipinski definition) is 8. The molecule has 1 amide bonds. The maximum atomic E-state index is 12.6. The van der Waals surface area contributed by atoms with E-state index in [1.165, 1.54) is 31.2 Å². The Morgan fingerprint density at radius 3 is 2.67 bits per heavy atom. The van der Waals surface area contributed by atoms with Gasteiger partial charge in [0.25, 0.3) is 17.2 Å². The SMILES string of the molecule is COCc1cc(C)n(CC(=O)N/N=C\c2ccc(Sc3ccc(Cl)cc3)c([N+](=O)[O-])c2)c(=O)c1C#N. The van der Waals surface area contributed by atoms with E-state index < -0.39 is 16.4 Å². The number of aryl methyl sites for hydroxylation is 1. The number of rotatable bonds is 9. The standard InChI is InChI=1S/C24H20ClN5O5S/c1-15-9-17(14-35-2)20(11-26)24(32)29(15)13-23(31)28-27-12-16-3-8-22(21(10-16)30(33)34)36-19-6-4-18(25)5-7-19/h3-10,12H,13-14H2,1-2H3,(H,28,31)/b27-12-. The molecule has 184 valence electrons. The van der Waals surface area contributed by atoms with Gasteiger partial charge >= 0.3 is 0 Å². The Labute approximate surface area is 215 Å². The van der Waals surface area contributed by atoms with Gasteiger partial charge in [0.2, 0.25) is 0 Å². The minimum Gasteiger partial charge on any atom is -0.380 e. The Morgan fingerprint density at radius 2 is 2.03 bits per heavy atom. The smallest absolute Gasteiger partial charge is 0.283 e. The van der Waals surface area contributed by atoms with Crippen LogP contribution in [0.2, 0.25) is 5.02 Å². The Hall–Kier alpha value is -3.98. The number of halogens is 1. The van der Waals surface area contributed by atoms with Crippen LogP contribution in [0.3, 0.4) is 0 Å². The van der Waals surface area contributed by atoms with Crippen molar-refractivity contribution >= 4 is 41.2 Å². The maximum absolute atomic E-state index is 12.6. The zero-order chi connectivity index (χ0) is 26.2. The number of carbonyl (C=O) groups is 1. The number of pyridine rings is 1. The number of nitrogens with zero attached hydrogens (tertiary/aromatic N) is 4. The normalized spacial score (nSPS) is 10.8. The highest BCUT2D eigenvalue weighted by molar-refractivity contribution is 7.99. The van der Waals surface area contributed by atoms with Gasteiger partial charge in [-0.05, 0) is 43.3 Å². The molecule has 12 heteroatoms. The van der Waals surface area contributed by atoms with Crippen LogP contribution in [0, 0.1) is 28.4 Å². The van der Waals surface area contributed by atoms with Crippen LogP contribution in [0.4, 0.5) is 5.69 Å². The van der Waals surface area contributed by atoms with Crippen LogP contribution in [0.25, 0.3) is 0 Å². The first-order valence-corrected chi connectivity index (χ1v) is 11.6. The predicted octanol–water partition coefficient (Wildman–Crippen LogP) is 4.04. The first kappa shape index (κ1) is 26.6. The molecule has 0 saturated carbocycles. The minimum absolute atomic E-state index is 0.0948. The summed E-state index contributed by atoms with van der Waals surface area (Å²) in [6, 6.07) is 15.0. The molecule has 3 rings (SSSR count). The topological polar surface area (TPSA) is 140 Å². The fourth-order valence-corrected chi connectivity index (χ4v) is 4.28. The molecule has 0 aliphatic carbocycles. The highest BCUT2D eigenvalue weighted by Crippen LogP contribution is 2.35. The molecule has 10 nitrogen and oxygen atoms in total. The van der Waals surface area contributed by atoms with Gasteiger partial charge in [-0.15, -0.1) is 0 Å². The van der Waals surface area contributed by atoms with Gasteiger partial charge in [0, 0.05) is 39.9 Å². The minimum atomic E-state index is -0.607. The van der Waals surface area contributed by atoms with Gasteiger partial charge in [-0.1, -0.05) is 29.4 Å². The molecular weight excluding hydrogens is 506 g/mol. The summed E-state index contributed by atoms with van der Waals surface area (Å²) in [6.07, 6.45) is 1.26. The van der Waals surface area contributed by atoms with Gasteiger partial charge in [-0.3, -0.25) is 19.7 Å². The first-order valence-electron chi connectivity index (χ1n) is 10.4. The van der Waals surface area contributed by atoms with E-state index >= 15 is 0 Å². The van der Waals surface area contributed by atoms with Crippen molar-refractivity contribution in [1.29, 1.82) is 5.26 Å². The Balaban J connectivity index is 1.72. The van der Waals surface area contributed by atoms with Crippen molar-refractivity contribution in [3.8, 4) is 6.07 Å². The molecule has 0 saturated heterocycles. The van der Waals surface area contributed by atoms with Crippen molar-refractivity contribution < 1.29 is 14.5 Å². The van der Waals surface area contributed by atoms with Crippen molar-refractivity contribution in [2.75, 3.05) is 7.11 Å². The fourth-order valence-electron chi connectivity index (χ4n) is 3.25. The van der Waals surface area contributed by atoms with E-state index in [9.17, 15) is 25.0 Å². The third kappa shape index (κ3) is 6.57. The number of hydrazone groups is 1. The summed E-state index contributed by atoms with van der Waals surface area (Å²) in [6.45, 7) is 1.38. The average molecular weight is 526 g/mol. The largest absolute Gasteiger partial charge is 0.380 e. The summed E-state index contributed by atoms with van der Waals surface area (Å²) < 4.78 is 6.18. The lowest BCUT2D eigenvalue weighted by Crippen LogP contribution is -2.33. The summed E-state index contributed by atoms with van der Waals surface area (Å²) in [5.41, 5.74) is 2.80. The van der Waals surface area contributed by atoms with Crippen LogP contribution >= 0.6 is 23.4 Å². The van der Waals surface area contributed by atoms with Gasteiger partial charge < -0.3 is 9.30 Å². The number of amides is 1. The van der Waals surface area contributed by atoms with E-state index in [-0.39, 0.29) is 24.4 Å². The molecule has 1 heterocycles. The van der Waals surface area contributed by atoms with E-state index in [1.807, 2.05) is 6.07 Å². The molecule has 0 unspecified atom stereocenters. The van der Waals surface area contributed by atoms with Crippen LogP contribution in [0.5, 0.6) is 0 Å². The third-order valence-corrected chi connectivity index (χ3v) is 6.25. The number of benzene rings is 2. The molecule has 36 heavy (non-hydrogen) atoms. The lowest BCUT2D eigenvalue weighted by atomic mass is 10.1. The first-order chi connectivity index (χ1) is 17.2. The predicted molar refractivity (Wildman–Crippen MR) is 135 cm³/mol. The van der Waals surface area contributed by atoms with Crippen molar-refractivity contribution in [2.45, 2.75) is 29.9 Å². The molecule has 3 aromatic rings. The van der Waals surface area contributed by atoms with Crippen LogP contribution < -0.4 is 11.0 Å². The summed E-state index contributed by atoms with van der Waals surface area (Å²) in [7, 11) is 1.45. The van der Waals surface area contributed by atoms with Crippen molar-refractivity contribution in [3.63, 3.8) is 0 Å².